The van der Waals surface area contributed by atoms with Crippen LogP contribution >= 0.6 is 11.8 Å². The van der Waals surface area contributed by atoms with Crippen molar-refractivity contribution in [2.45, 2.75) is 88.6 Å². The number of fused-ring (bicyclic) bond motifs is 9. The molecule has 0 aliphatic carbocycles. The maximum Gasteiger partial charge on any atom is 0.331 e. The van der Waals surface area contributed by atoms with E-state index in [1.165, 1.54) is 46.8 Å². The minimum atomic E-state index is -1.43. The third kappa shape index (κ3) is 5.95. The van der Waals surface area contributed by atoms with E-state index in [9.17, 15) is 24.3 Å². The van der Waals surface area contributed by atoms with Gasteiger partial charge >= 0.3 is 23.9 Å². The first kappa shape index (κ1) is 40.3. The molecule has 1 spiro atoms. The van der Waals surface area contributed by atoms with Gasteiger partial charge in [0.2, 0.25) is 6.79 Å². The summed E-state index contributed by atoms with van der Waals surface area (Å²) in [5.74, 6) is 0.329. The third-order valence-corrected chi connectivity index (χ3v) is 14.2. The number of aliphatic hydroxyl groups excluding tert-OH is 1. The molecule has 0 aromatic heterocycles. The number of nitrogens with one attached hydrogen (secondary N) is 1. The number of nitrogens with zero attached hydrogens (tertiary/aromatic N) is 2. The molecule has 4 bridgehead atoms. The molecule has 17 heteroatoms. The van der Waals surface area contributed by atoms with Crippen molar-refractivity contribution in [2.75, 3.05) is 47.0 Å². The van der Waals surface area contributed by atoms with Crippen molar-refractivity contribution in [3.05, 3.63) is 62.7 Å². The number of hydrogen-bond donors (Lipinski definition) is 2. The summed E-state index contributed by atoms with van der Waals surface area (Å²) in [6, 6.07) is 3.03. The highest BCUT2D eigenvalue weighted by molar-refractivity contribution is 7.99. The van der Waals surface area contributed by atoms with Crippen LogP contribution in [-0.2, 0) is 42.3 Å². The van der Waals surface area contributed by atoms with Crippen LogP contribution in [0.3, 0.4) is 0 Å². The van der Waals surface area contributed by atoms with Gasteiger partial charge in [-0.3, -0.25) is 29.5 Å². The van der Waals surface area contributed by atoms with E-state index in [0.717, 1.165) is 22.3 Å². The Morgan fingerprint density at radius 3 is 2.28 bits per heavy atom. The number of likely N-dealkylation sites (N-methyl/N-ethyl adjacent to an activating group) is 1. The minimum Gasteiger partial charge on any atom is -0.493 e. The smallest absolute Gasteiger partial charge is 0.331 e. The average molecular weight is 846 g/mol. The van der Waals surface area contributed by atoms with E-state index in [-0.39, 0.29) is 30.7 Å². The van der Waals surface area contributed by atoms with Gasteiger partial charge in [-0.25, -0.2) is 4.79 Å². The number of hydrogen-bond acceptors (Lipinski definition) is 17. The van der Waals surface area contributed by atoms with Crippen LogP contribution in [0, 0.1) is 13.8 Å². The van der Waals surface area contributed by atoms with E-state index in [2.05, 4.69) is 10.2 Å². The van der Waals surface area contributed by atoms with Crippen LogP contribution in [0.2, 0.25) is 0 Å². The highest BCUT2D eigenvalue weighted by atomic mass is 32.2. The van der Waals surface area contributed by atoms with Crippen LogP contribution in [0.15, 0.2) is 18.2 Å². The predicted molar refractivity (Wildman–Crippen MR) is 214 cm³/mol. The van der Waals surface area contributed by atoms with Crippen molar-refractivity contribution in [3.63, 3.8) is 0 Å². The molecule has 2 N–H and O–H groups in total. The molecule has 3 aromatic rings. The molecular formula is C43H47N3O13S. The molecule has 10 rings (SSSR count). The van der Waals surface area contributed by atoms with Crippen molar-refractivity contribution in [1.29, 1.82) is 0 Å². The number of aryl methyl sites for hydroxylation is 1. The van der Waals surface area contributed by atoms with Gasteiger partial charge in [0.25, 0.3) is 0 Å². The van der Waals surface area contributed by atoms with E-state index in [0.29, 0.717) is 70.4 Å². The fourth-order valence-corrected chi connectivity index (χ4v) is 12.1. The predicted octanol–water partition coefficient (Wildman–Crippen LogP) is 3.85. The van der Waals surface area contributed by atoms with Gasteiger partial charge in [0.1, 0.15) is 18.6 Å². The van der Waals surface area contributed by atoms with Gasteiger partial charge < -0.3 is 43.0 Å². The van der Waals surface area contributed by atoms with E-state index in [1.807, 2.05) is 31.9 Å². The number of carbonyl (C=O) groups excluding carboxylic acids is 4. The Morgan fingerprint density at radius 1 is 0.867 bits per heavy atom. The Bertz CT molecular complexity index is 2370. The van der Waals surface area contributed by atoms with Crippen molar-refractivity contribution in [2.24, 2.45) is 0 Å². The number of thioether (sulfide) groups is 1. The molecule has 2 saturated heterocycles. The number of piperazine rings is 1. The van der Waals surface area contributed by atoms with Crippen LogP contribution in [0.25, 0.3) is 0 Å². The summed E-state index contributed by atoms with van der Waals surface area (Å²) in [4.78, 5) is 57.0. The van der Waals surface area contributed by atoms with E-state index < -0.39 is 65.1 Å². The maximum absolute atomic E-state index is 14.9. The van der Waals surface area contributed by atoms with Gasteiger partial charge in [-0.15, -0.1) is 11.8 Å². The van der Waals surface area contributed by atoms with Crippen LogP contribution in [0.5, 0.6) is 40.2 Å². The van der Waals surface area contributed by atoms with Crippen LogP contribution in [0.1, 0.15) is 82.6 Å². The number of benzene rings is 3. The first-order valence-corrected chi connectivity index (χ1v) is 20.9. The van der Waals surface area contributed by atoms with Gasteiger partial charge in [-0.1, -0.05) is 6.07 Å². The van der Waals surface area contributed by atoms with Crippen molar-refractivity contribution >= 4 is 35.6 Å². The second-order valence-corrected chi connectivity index (χ2v) is 17.2. The Labute approximate surface area is 350 Å². The molecule has 3 aromatic carbocycles. The lowest BCUT2D eigenvalue weighted by Gasteiger charge is -2.62. The SMILES string of the molecule is COc1cc2c(cc1OC(C)=O)CCN[C@]21CS[C@@H]2c3c(OC(C)=O)c(C)c4c(c3[C@@H](COC1=O)N1C2[C@H]2c3c(cc(C)c(OC)c3OC(C)=O)C[C@H]([C@@H]1O)N2C)OCO4. The summed E-state index contributed by atoms with van der Waals surface area (Å²) in [6.07, 6.45) is -0.157. The molecule has 0 amide bonds. The molecule has 7 aliphatic rings. The lowest BCUT2D eigenvalue weighted by molar-refractivity contribution is -0.186. The average Bonchev–Trinajstić information content (AvgIpc) is 3.69. The highest BCUT2D eigenvalue weighted by Crippen LogP contribution is 2.64. The zero-order chi connectivity index (χ0) is 42.5. The number of rotatable bonds is 5. The molecule has 60 heavy (non-hydrogen) atoms. The number of ether oxygens (including phenoxy) is 8. The van der Waals surface area contributed by atoms with Crippen molar-refractivity contribution < 1.29 is 62.2 Å². The van der Waals surface area contributed by atoms with Crippen LogP contribution in [0.4, 0.5) is 0 Å². The normalized spacial score (nSPS) is 27.4. The number of aliphatic hydroxyl groups is 1. The van der Waals surface area contributed by atoms with Gasteiger partial charge in [0, 0.05) is 61.4 Å². The van der Waals surface area contributed by atoms with Gasteiger partial charge in [0.15, 0.2) is 40.0 Å². The summed E-state index contributed by atoms with van der Waals surface area (Å²) in [5, 5.41) is 15.6. The molecule has 7 aliphatic heterocycles. The van der Waals surface area contributed by atoms with Crippen molar-refractivity contribution in [1.82, 2.24) is 15.1 Å². The third-order valence-electron chi connectivity index (χ3n) is 12.7. The van der Waals surface area contributed by atoms with Gasteiger partial charge in [-0.2, -0.15) is 0 Å². The fourth-order valence-electron chi connectivity index (χ4n) is 10.4. The fraction of sp³-hybridized carbons (Fsp3) is 0.488. The number of methoxy groups -OCH3 is 2. The van der Waals surface area contributed by atoms with E-state index in [4.69, 9.17) is 37.9 Å². The molecule has 7 heterocycles. The Balaban J connectivity index is 1.31. The minimum absolute atomic E-state index is 0.0876. The van der Waals surface area contributed by atoms with Gasteiger partial charge in [0.05, 0.1) is 37.6 Å². The molecular weight excluding hydrogens is 799 g/mol. The first-order chi connectivity index (χ1) is 28.7. The second-order valence-electron chi connectivity index (χ2n) is 16.1. The first-order valence-electron chi connectivity index (χ1n) is 19.8. The van der Waals surface area contributed by atoms with Gasteiger partial charge in [-0.05, 0) is 68.1 Å². The van der Waals surface area contributed by atoms with E-state index >= 15 is 0 Å². The lowest BCUT2D eigenvalue weighted by atomic mass is 9.73. The summed E-state index contributed by atoms with van der Waals surface area (Å²) >= 11 is 1.44. The molecule has 7 atom stereocenters. The zero-order valence-electron chi connectivity index (χ0n) is 34.6. The topological polar surface area (TPSA) is 181 Å². The quantitative estimate of drug-likeness (QED) is 0.279. The molecule has 1 unspecified atom stereocenters. The zero-order valence-corrected chi connectivity index (χ0v) is 35.4. The second kappa shape index (κ2) is 14.8. The molecule has 2 fully saturated rings. The Morgan fingerprint density at radius 2 is 1.58 bits per heavy atom. The summed E-state index contributed by atoms with van der Waals surface area (Å²) in [6.45, 7) is 7.78. The monoisotopic (exact) mass is 845 g/mol. The molecule has 16 nitrogen and oxygen atoms in total. The number of carbonyl (C=O) groups is 4. The summed E-state index contributed by atoms with van der Waals surface area (Å²) in [5.41, 5.74) is 4.17. The summed E-state index contributed by atoms with van der Waals surface area (Å²) in [7, 11) is 4.95. The lowest BCUT2D eigenvalue weighted by Crippen LogP contribution is -2.70. The van der Waals surface area contributed by atoms with E-state index in [1.54, 1.807) is 12.1 Å². The molecule has 318 valence electrons. The Hall–Kier alpha value is -5.07. The molecule has 0 saturated carbocycles. The van der Waals surface area contributed by atoms with Crippen LogP contribution < -0.4 is 38.5 Å². The standard InChI is InChI=1S/C43H47N3O13S/c1-18-11-24-12-26-41(50)46-27-15-54-42(51)43(25-14-28(52-7)29(57-20(3)47)13-23(25)9-10-44-43)16-60-40(32-31(27)38-37(55-17-56-38)19(2)36(32)58-21(4)48)34(46)33(45(26)6)30(24)39(35(18)53-8)59-22(5)49/h11,13-14,26-27,33-34,40-41,44,50H,9-10,12,15-17H2,1-8H3/t26-,27-,33-,34?,40-,41+,43-/m1/s1. The Kier molecular flexibility index (Phi) is 9.97. The summed E-state index contributed by atoms with van der Waals surface area (Å²) < 4.78 is 48.1. The molecule has 0 radical (unpaired) electrons. The van der Waals surface area contributed by atoms with Crippen LogP contribution in [-0.4, -0.2) is 104 Å². The largest absolute Gasteiger partial charge is 0.493 e. The number of esters is 4. The highest BCUT2D eigenvalue weighted by Gasteiger charge is 2.61. The van der Waals surface area contributed by atoms with Crippen molar-refractivity contribution in [3.8, 4) is 40.2 Å². The maximum atomic E-state index is 14.9.